The SMILES string of the molecule is O=C1CC(=O)N[C@](c2ccsc2)(c2cccc(Br)n2)C1. The number of amides is 1. The third kappa shape index (κ3) is 2.29. The lowest BCUT2D eigenvalue weighted by molar-refractivity contribution is -0.133. The molecule has 0 bridgehead atoms. The number of nitrogens with one attached hydrogen (secondary N) is 1. The molecule has 1 N–H and O–H groups in total. The summed E-state index contributed by atoms with van der Waals surface area (Å²) in [5, 5.41) is 6.85. The number of aromatic nitrogens is 1. The number of carbonyl (C=O) groups is 2. The molecule has 0 unspecified atom stereocenters. The molecule has 0 spiro atoms. The molecule has 1 saturated heterocycles. The summed E-state index contributed by atoms with van der Waals surface area (Å²) >= 11 is 4.87. The van der Waals surface area contributed by atoms with Gasteiger partial charge in [-0.25, -0.2) is 4.98 Å². The fraction of sp³-hybridized carbons (Fsp3) is 0.214. The second kappa shape index (κ2) is 5.10. The van der Waals surface area contributed by atoms with Gasteiger partial charge in [-0.15, -0.1) is 0 Å². The van der Waals surface area contributed by atoms with Gasteiger partial charge in [0, 0.05) is 6.42 Å². The third-order valence-corrected chi connectivity index (χ3v) is 4.46. The van der Waals surface area contributed by atoms with Crippen molar-refractivity contribution in [3.8, 4) is 0 Å². The van der Waals surface area contributed by atoms with Gasteiger partial charge < -0.3 is 5.32 Å². The van der Waals surface area contributed by atoms with Gasteiger partial charge in [0.25, 0.3) is 0 Å². The van der Waals surface area contributed by atoms with Crippen molar-refractivity contribution >= 4 is 39.0 Å². The highest BCUT2D eigenvalue weighted by molar-refractivity contribution is 9.10. The van der Waals surface area contributed by atoms with Crippen molar-refractivity contribution in [2.75, 3.05) is 0 Å². The van der Waals surface area contributed by atoms with E-state index < -0.39 is 5.54 Å². The zero-order valence-corrected chi connectivity index (χ0v) is 12.8. The van der Waals surface area contributed by atoms with Crippen molar-refractivity contribution in [1.82, 2.24) is 10.3 Å². The van der Waals surface area contributed by atoms with Crippen LogP contribution in [0.15, 0.2) is 39.6 Å². The molecule has 0 aliphatic carbocycles. The van der Waals surface area contributed by atoms with E-state index in [0.717, 1.165) is 5.56 Å². The largest absolute Gasteiger partial charge is 0.340 e. The Labute approximate surface area is 128 Å². The van der Waals surface area contributed by atoms with Crippen LogP contribution in [0.5, 0.6) is 0 Å². The highest BCUT2D eigenvalue weighted by atomic mass is 79.9. The number of hydrogen-bond acceptors (Lipinski definition) is 4. The van der Waals surface area contributed by atoms with E-state index >= 15 is 0 Å². The number of hydrogen-bond donors (Lipinski definition) is 1. The molecule has 1 atom stereocenters. The number of rotatable bonds is 2. The highest BCUT2D eigenvalue weighted by Crippen LogP contribution is 2.36. The molecular formula is C14H11BrN2O2S. The molecule has 2 aromatic heterocycles. The number of thiophene rings is 1. The molecule has 3 rings (SSSR count). The molecule has 4 nitrogen and oxygen atoms in total. The quantitative estimate of drug-likeness (QED) is 0.668. The van der Waals surface area contributed by atoms with Crippen molar-refractivity contribution in [3.05, 3.63) is 50.9 Å². The molecule has 20 heavy (non-hydrogen) atoms. The van der Waals surface area contributed by atoms with Crippen molar-refractivity contribution in [3.63, 3.8) is 0 Å². The van der Waals surface area contributed by atoms with Crippen molar-refractivity contribution in [2.45, 2.75) is 18.4 Å². The first-order valence-electron chi connectivity index (χ1n) is 6.08. The Hall–Kier alpha value is -1.53. The highest BCUT2D eigenvalue weighted by Gasteiger charge is 2.43. The van der Waals surface area contributed by atoms with Crippen LogP contribution in [0, 0.1) is 0 Å². The number of halogens is 1. The van der Waals surface area contributed by atoms with Gasteiger partial charge in [0.1, 0.15) is 15.9 Å². The van der Waals surface area contributed by atoms with Gasteiger partial charge in [0.15, 0.2) is 0 Å². The molecule has 1 fully saturated rings. The smallest absolute Gasteiger partial charge is 0.228 e. The fourth-order valence-electron chi connectivity index (χ4n) is 2.49. The standard InChI is InChI=1S/C14H11BrN2O2S/c15-12-3-1-2-11(16-12)14(9-4-5-20-8-9)7-10(18)6-13(19)17-14/h1-5,8H,6-7H2,(H,17,19)/t14-/m1/s1. The summed E-state index contributed by atoms with van der Waals surface area (Å²) in [6, 6.07) is 7.43. The van der Waals surface area contributed by atoms with Gasteiger partial charge in [0.05, 0.1) is 12.1 Å². The molecule has 102 valence electrons. The molecule has 0 aromatic carbocycles. The van der Waals surface area contributed by atoms with Crippen LogP contribution in [0.2, 0.25) is 0 Å². The van der Waals surface area contributed by atoms with Crippen molar-refractivity contribution < 1.29 is 9.59 Å². The first kappa shape index (κ1) is 13.5. The maximum atomic E-state index is 11.9. The molecule has 2 aromatic rings. The Morgan fingerprint density at radius 1 is 1.30 bits per heavy atom. The normalized spacial score (nSPS) is 22.6. The van der Waals surface area contributed by atoms with Gasteiger partial charge in [-0.2, -0.15) is 11.3 Å². The van der Waals surface area contributed by atoms with E-state index in [1.807, 2.05) is 35.0 Å². The van der Waals surface area contributed by atoms with Crippen LogP contribution in [-0.2, 0) is 15.1 Å². The second-order valence-electron chi connectivity index (χ2n) is 4.70. The predicted molar refractivity (Wildman–Crippen MR) is 79.4 cm³/mol. The van der Waals surface area contributed by atoms with Crippen LogP contribution in [0.3, 0.4) is 0 Å². The first-order chi connectivity index (χ1) is 9.60. The van der Waals surface area contributed by atoms with E-state index in [2.05, 4.69) is 26.2 Å². The zero-order chi connectivity index (χ0) is 14.2. The average Bonchev–Trinajstić information content (AvgIpc) is 2.91. The summed E-state index contributed by atoms with van der Waals surface area (Å²) in [4.78, 5) is 28.3. The second-order valence-corrected chi connectivity index (χ2v) is 6.30. The van der Waals surface area contributed by atoms with Crippen LogP contribution in [0.1, 0.15) is 24.1 Å². The van der Waals surface area contributed by atoms with Crippen LogP contribution in [0.25, 0.3) is 0 Å². The molecule has 6 heteroatoms. The van der Waals surface area contributed by atoms with E-state index in [1.165, 1.54) is 11.3 Å². The number of nitrogens with zero attached hydrogens (tertiary/aromatic N) is 1. The zero-order valence-electron chi connectivity index (χ0n) is 10.4. The van der Waals surface area contributed by atoms with Crippen LogP contribution in [0.4, 0.5) is 0 Å². The third-order valence-electron chi connectivity index (χ3n) is 3.34. The van der Waals surface area contributed by atoms with E-state index in [-0.39, 0.29) is 24.5 Å². The molecule has 1 amide bonds. The average molecular weight is 351 g/mol. The molecule has 0 radical (unpaired) electrons. The van der Waals surface area contributed by atoms with Crippen LogP contribution in [-0.4, -0.2) is 16.7 Å². The number of carbonyl (C=O) groups excluding carboxylic acids is 2. The summed E-state index contributed by atoms with van der Waals surface area (Å²) in [5.41, 5.74) is 0.720. The molecule has 1 aliphatic heterocycles. The monoisotopic (exact) mass is 350 g/mol. The summed E-state index contributed by atoms with van der Waals surface area (Å²) < 4.78 is 0.678. The van der Waals surface area contributed by atoms with Gasteiger partial charge >= 0.3 is 0 Å². The van der Waals surface area contributed by atoms with E-state index in [4.69, 9.17) is 0 Å². The molecular weight excluding hydrogens is 340 g/mol. The summed E-state index contributed by atoms with van der Waals surface area (Å²) in [5.74, 6) is -0.323. The Morgan fingerprint density at radius 3 is 2.80 bits per heavy atom. The number of pyridine rings is 1. The lowest BCUT2D eigenvalue weighted by Crippen LogP contribution is -2.53. The predicted octanol–water partition coefficient (Wildman–Crippen LogP) is 2.63. The first-order valence-corrected chi connectivity index (χ1v) is 7.82. The van der Waals surface area contributed by atoms with E-state index in [9.17, 15) is 9.59 Å². The maximum absolute atomic E-state index is 11.9. The summed E-state index contributed by atoms with van der Waals surface area (Å²) in [7, 11) is 0. The minimum atomic E-state index is -0.851. The molecule has 3 heterocycles. The van der Waals surface area contributed by atoms with Crippen LogP contribution < -0.4 is 5.32 Å². The lowest BCUT2D eigenvalue weighted by atomic mass is 9.80. The van der Waals surface area contributed by atoms with E-state index in [0.29, 0.717) is 10.3 Å². The van der Waals surface area contributed by atoms with Crippen molar-refractivity contribution in [2.24, 2.45) is 0 Å². The summed E-state index contributed by atoms with van der Waals surface area (Å²) in [6.07, 6.45) is 0.179. The van der Waals surface area contributed by atoms with Crippen molar-refractivity contribution in [1.29, 1.82) is 0 Å². The minimum Gasteiger partial charge on any atom is -0.340 e. The van der Waals surface area contributed by atoms with Gasteiger partial charge in [-0.05, 0) is 50.5 Å². The Bertz CT molecular complexity index is 654. The maximum Gasteiger partial charge on any atom is 0.228 e. The van der Waals surface area contributed by atoms with Gasteiger partial charge in [-0.1, -0.05) is 6.07 Å². The Kier molecular flexibility index (Phi) is 3.43. The van der Waals surface area contributed by atoms with Crippen LogP contribution >= 0.6 is 27.3 Å². The number of ketones is 1. The lowest BCUT2D eigenvalue weighted by Gasteiger charge is -2.36. The minimum absolute atomic E-state index is 0.0557. The molecule has 0 saturated carbocycles. The topological polar surface area (TPSA) is 59.1 Å². The van der Waals surface area contributed by atoms with E-state index in [1.54, 1.807) is 0 Å². The fourth-order valence-corrected chi connectivity index (χ4v) is 3.57. The summed E-state index contributed by atoms with van der Waals surface area (Å²) in [6.45, 7) is 0. The van der Waals surface area contributed by atoms with Gasteiger partial charge in [0.2, 0.25) is 5.91 Å². The Balaban J connectivity index is 2.18. The molecule has 1 aliphatic rings. The number of Topliss-reactive ketones (excluding diaryl/α,β-unsaturated/α-hetero) is 1. The van der Waals surface area contributed by atoms with Gasteiger partial charge in [-0.3, -0.25) is 9.59 Å². The Morgan fingerprint density at radius 2 is 2.15 bits per heavy atom. The number of piperidine rings is 1.